The number of carbonyl (C=O) groups excluding carboxylic acids is 2. The maximum atomic E-state index is 13.1. The van der Waals surface area contributed by atoms with Crippen LogP contribution in [0.5, 0.6) is 0 Å². The first-order chi connectivity index (χ1) is 15.4. The predicted octanol–water partition coefficient (Wildman–Crippen LogP) is 1.85. The highest BCUT2D eigenvalue weighted by molar-refractivity contribution is 5.98. The van der Waals surface area contributed by atoms with Crippen LogP contribution in [-0.4, -0.2) is 72.4 Å². The van der Waals surface area contributed by atoms with Gasteiger partial charge in [0.05, 0.1) is 23.8 Å². The van der Waals surface area contributed by atoms with Crippen LogP contribution in [-0.2, 0) is 4.74 Å². The number of rotatable bonds is 4. The number of cyclic esters (lactones) is 1. The number of hydrogen-bond donors (Lipinski definition) is 1. The quantitative estimate of drug-likeness (QED) is 0.780. The van der Waals surface area contributed by atoms with Crippen molar-refractivity contribution >= 4 is 23.5 Å². The molecule has 1 aromatic heterocycles. The zero-order valence-electron chi connectivity index (χ0n) is 18.1. The Balaban J connectivity index is 1.49. The van der Waals surface area contributed by atoms with E-state index in [1.807, 2.05) is 20.0 Å². The van der Waals surface area contributed by atoms with Crippen LogP contribution in [0.2, 0.25) is 0 Å². The number of anilines is 2. The van der Waals surface area contributed by atoms with E-state index in [9.17, 15) is 20.0 Å². The number of aliphatic hydroxyl groups excluding tert-OH is 1. The molecule has 2 aliphatic rings. The van der Waals surface area contributed by atoms with E-state index >= 15 is 0 Å². The van der Waals surface area contributed by atoms with Gasteiger partial charge in [-0.2, -0.15) is 5.26 Å². The number of carbonyl (C=O) groups is 2. The molecule has 0 aliphatic carbocycles. The van der Waals surface area contributed by atoms with Crippen LogP contribution >= 0.6 is 0 Å². The first-order valence-electron chi connectivity index (χ1n) is 10.5. The van der Waals surface area contributed by atoms with Gasteiger partial charge >= 0.3 is 6.09 Å². The fraction of sp³-hybridized carbons (Fsp3) is 0.391. The number of pyridine rings is 1. The Bertz CT molecular complexity index is 1090. The normalized spacial score (nSPS) is 18.5. The summed E-state index contributed by atoms with van der Waals surface area (Å²) in [6.07, 6.45) is 1.26. The molecule has 3 heterocycles. The summed E-state index contributed by atoms with van der Waals surface area (Å²) in [6.45, 7) is 6.21. The number of aromatic nitrogens is 1. The molecule has 2 aliphatic heterocycles. The van der Waals surface area contributed by atoms with E-state index in [4.69, 9.17) is 4.74 Å². The molecular formula is C23H25N5O4. The number of aryl methyl sites for hydroxylation is 2. The summed E-state index contributed by atoms with van der Waals surface area (Å²) in [5, 5.41) is 19.1. The molecule has 1 atom stereocenters. The molecule has 32 heavy (non-hydrogen) atoms. The second kappa shape index (κ2) is 8.85. The van der Waals surface area contributed by atoms with Crippen LogP contribution in [0.3, 0.4) is 0 Å². The minimum absolute atomic E-state index is 0.0808. The number of nitriles is 1. The third-order valence-electron chi connectivity index (χ3n) is 5.86. The Morgan fingerprint density at radius 2 is 2.00 bits per heavy atom. The molecule has 0 spiro atoms. The average Bonchev–Trinajstić information content (AvgIpc) is 3.18. The number of piperazine rings is 1. The summed E-state index contributed by atoms with van der Waals surface area (Å²) in [4.78, 5) is 34.9. The molecule has 1 unspecified atom stereocenters. The van der Waals surface area contributed by atoms with E-state index in [0.29, 0.717) is 37.4 Å². The van der Waals surface area contributed by atoms with E-state index in [2.05, 4.69) is 22.0 Å². The molecule has 0 bridgehead atoms. The number of nitrogens with zero attached hydrogens (tertiary/aromatic N) is 5. The second-order valence-electron chi connectivity index (χ2n) is 8.06. The molecule has 2 aromatic rings. The minimum atomic E-state index is -0.580. The van der Waals surface area contributed by atoms with Gasteiger partial charge < -0.3 is 19.6 Å². The van der Waals surface area contributed by atoms with Gasteiger partial charge in [-0.15, -0.1) is 0 Å². The lowest BCUT2D eigenvalue weighted by molar-refractivity contribution is 0.0746. The number of hydrogen-bond acceptors (Lipinski definition) is 7. The Morgan fingerprint density at radius 1 is 1.25 bits per heavy atom. The molecule has 2 amide bonds. The second-order valence-corrected chi connectivity index (χ2v) is 8.06. The van der Waals surface area contributed by atoms with Gasteiger partial charge in [0.25, 0.3) is 5.91 Å². The minimum Gasteiger partial charge on any atom is -0.447 e. The first-order valence-corrected chi connectivity index (χ1v) is 10.5. The zero-order valence-corrected chi connectivity index (χ0v) is 18.1. The molecule has 2 fully saturated rings. The van der Waals surface area contributed by atoms with Crippen LogP contribution in [0, 0.1) is 25.2 Å². The summed E-state index contributed by atoms with van der Waals surface area (Å²) in [5.74, 6) is 0.713. The lowest BCUT2D eigenvalue weighted by Crippen LogP contribution is -2.49. The Morgan fingerprint density at radius 3 is 2.66 bits per heavy atom. The number of amides is 2. The van der Waals surface area contributed by atoms with Crippen molar-refractivity contribution in [1.82, 2.24) is 9.88 Å². The molecule has 1 N–H and O–H groups in total. The third kappa shape index (κ3) is 3.97. The van der Waals surface area contributed by atoms with E-state index < -0.39 is 12.1 Å². The van der Waals surface area contributed by atoms with Crippen LogP contribution in [0.4, 0.5) is 16.3 Å². The van der Waals surface area contributed by atoms with Gasteiger partial charge in [-0.05, 0) is 43.2 Å². The number of aliphatic hydroxyl groups is 1. The zero-order chi connectivity index (χ0) is 22.8. The van der Waals surface area contributed by atoms with E-state index in [1.165, 1.54) is 11.0 Å². The van der Waals surface area contributed by atoms with Crippen molar-refractivity contribution in [2.45, 2.75) is 19.9 Å². The van der Waals surface area contributed by atoms with Crippen molar-refractivity contribution in [2.24, 2.45) is 0 Å². The summed E-state index contributed by atoms with van der Waals surface area (Å²) in [6, 6.07) is 8.32. The van der Waals surface area contributed by atoms with Crippen LogP contribution in [0.25, 0.3) is 0 Å². The van der Waals surface area contributed by atoms with Crippen molar-refractivity contribution in [3.63, 3.8) is 0 Å². The van der Waals surface area contributed by atoms with Crippen LogP contribution in [0.1, 0.15) is 27.0 Å². The standard InChI is InChI=1S/C23H25N5O4/c1-15-9-16(2)21(25-12-15)26-5-7-27(8-6-26)22(30)20-4-3-18(10-17(20)11-24)28-19(13-29)14-32-23(28)31/h3-4,9-10,12,19,29H,5-8,13-14H2,1-2H3. The predicted molar refractivity (Wildman–Crippen MR) is 118 cm³/mol. The Labute approximate surface area is 186 Å². The fourth-order valence-corrected chi connectivity index (χ4v) is 4.20. The van der Waals surface area contributed by atoms with Gasteiger partial charge in [0.2, 0.25) is 0 Å². The largest absolute Gasteiger partial charge is 0.447 e. The molecule has 1 aromatic carbocycles. The van der Waals surface area contributed by atoms with Gasteiger partial charge in [-0.25, -0.2) is 9.78 Å². The van der Waals surface area contributed by atoms with Gasteiger partial charge in [0.15, 0.2) is 0 Å². The van der Waals surface area contributed by atoms with Crippen LogP contribution < -0.4 is 9.80 Å². The van der Waals surface area contributed by atoms with Crippen molar-refractivity contribution in [3.8, 4) is 6.07 Å². The highest BCUT2D eigenvalue weighted by atomic mass is 16.6. The molecule has 0 saturated carbocycles. The Kier molecular flexibility index (Phi) is 5.97. The SMILES string of the molecule is Cc1cnc(N2CCN(C(=O)c3ccc(N4C(=O)OCC4CO)cc3C#N)CC2)c(C)c1. The molecule has 2 saturated heterocycles. The van der Waals surface area contributed by atoms with Gasteiger partial charge in [-0.3, -0.25) is 9.69 Å². The maximum Gasteiger partial charge on any atom is 0.414 e. The molecule has 9 heteroatoms. The highest BCUT2D eigenvalue weighted by Gasteiger charge is 2.34. The van der Waals surface area contributed by atoms with Crippen molar-refractivity contribution in [1.29, 1.82) is 5.26 Å². The summed E-state index contributed by atoms with van der Waals surface area (Å²) < 4.78 is 4.99. The molecular weight excluding hydrogens is 410 g/mol. The van der Waals surface area contributed by atoms with Gasteiger partial charge in [0.1, 0.15) is 18.5 Å². The molecule has 166 valence electrons. The van der Waals surface area contributed by atoms with E-state index in [0.717, 1.165) is 16.9 Å². The van der Waals surface area contributed by atoms with E-state index in [1.54, 1.807) is 17.0 Å². The Hall–Kier alpha value is -3.64. The highest BCUT2D eigenvalue weighted by Crippen LogP contribution is 2.27. The fourth-order valence-electron chi connectivity index (χ4n) is 4.20. The smallest absolute Gasteiger partial charge is 0.414 e. The molecule has 4 rings (SSSR count). The van der Waals surface area contributed by atoms with E-state index in [-0.39, 0.29) is 24.7 Å². The summed E-state index contributed by atoms with van der Waals surface area (Å²) in [5.41, 5.74) is 3.11. The number of ether oxygens (including phenoxy) is 1. The maximum absolute atomic E-state index is 13.1. The van der Waals surface area contributed by atoms with Crippen molar-refractivity contribution < 1.29 is 19.4 Å². The molecule has 0 radical (unpaired) electrons. The van der Waals surface area contributed by atoms with Crippen molar-refractivity contribution in [2.75, 3.05) is 49.2 Å². The van der Waals surface area contributed by atoms with Gasteiger partial charge in [0, 0.05) is 38.1 Å². The monoisotopic (exact) mass is 435 g/mol. The van der Waals surface area contributed by atoms with Crippen molar-refractivity contribution in [3.05, 3.63) is 52.7 Å². The third-order valence-corrected chi connectivity index (χ3v) is 5.86. The summed E-state index contributed by atoms with van der Waals surface area (Å²) >= 11 is 0. The van der Waals surface area contributed by atoms with Crippen LogP contribution in [0.15, 0.2) is 30.5 Å². The topological polar surface area (TPSA) is 110 Å². The average molecular weight is 435 g/mol. The lowest BCUT2D eigenvalue weighted by atomic mass is 10.0. The first kappa shape index (κ1) is 21.6. The van der Waals surface area contributed by atoms with Gasteiger partial charge in [-0.1, -0.05) is 6.07 Å². The summed E-state index contributed by atoms with van der Waals surface area (Å²) in [7, 11) is 0. The lowest BCUT2D eigenvalue weighted by Gasteiger charge is -2.36. The molecule has 9 nitrogen and oxygen atoms in total. The number of benzene rings is 1.